The number of amides is 3. The molecule has 0 saturated carbocycles. The number of likely N-dealkylation sites (tertiary alicyclic amines) is 1. The lowest BCUT2D eigenvalue weighted by atomic mass is 9.86. The van der Waals surface area contributed by atoms with Gasteiger partial charge in [-0.2, -0.15) is 5.10 Å². The molecule has 0 spiro atoms. The van der Waals surface area contributed by atoms with Crippen LogP contribution in [0, 0.1) is 11.2 Å². The highest BCUT2D eigenvalue weighted by atomic mass is 35.5. The largest absolute Gasteiger partial charge is 0.365 e. The van der Waals surface area contributed by atoms with E-state index in [1.165, 1.54) is 18.2 Å². The molecule has 1 aromatic heterocycles. The molecule has 33 heavy (non-hydrogen) atoms. The Bertz CT molecular complexity index is 1120. The van der Waals surface area contributed by atoms with Crippen molar-refractivity contribution in [1.29, 1.82) is 0 Å². The van der Waals surface area contributed by atoms with E-state index in [0.717, 1.165) is 25.9 Å². The van der Waals surface area contributed by atoms with E-state index < -0.39 is 17.1 Å². The summed E-state index contributed by atoms with van der Waals surface area (Å²) in [5, 5.41) is 4.41. The van der Waals surface area contributed by atoms with Gasteiger partial charge in [0.1, 0.15) is 11.5 Å². The Labute approximate surface area is 196 Å². The Morgan fingerprint density at radius 2 is 1.82 bits per heavy atom. The second-order valence-corrected chi connectivity index (χ2v) is 9.67. The molecule has 0 atom stereocenters. The molecule has 4 rings (SSSR count). The van der Waals surface area contributed by atoms with Gasteiger partial charge in [0.2, 0.25) is 11.8 Å². The zero-order chi connectivity index (χ0) is 23.9. The predicted octanol–water partition coefficient (Wildman–Crippen LogP) is 2.82. The number of rotatable bonds is 5. The molecule has 3 amide bonds. The molecule has 0 bridgehead atoms. The first-order valence-electron chi connectivity index (χ1n) is 11.0. The maximum absolute atomic E-state index is 13.6. The number of carbonyl (C=O) groups is 3. The SMILES string of the molecule is CC(C)(CC(=O)N1CCn2nc(-c3ccc(F)c(Cl)c3)c(C(N)=O)c2C1)C(=O)N1CCCC1. The van der Waals surface area contributed by atoms with Crippen LogP contribution in [0.25, 0.3) is 11.3 Å². The average Bonchev–Trinajstić information content (AvgIpc) is 3.42. The zero-order valence-electron chi connectivity index (χ0n) is 18.7. The Morgan fingerprint density at radius 3 is 2.45 bits per heavy atom. The fraction of sp³-hybridized carbons (Fsp3) is 0.478. The van der Waals surface area contributed by atoms with Crippen molar-refractivity contribution in [3.8, 4) is 11.3 Å². The third-order valence-electron chi connectivity index (χ3n) is 6.34. The van der Waals surface area contributed by atoms with Gasteiger partial charge in [-0.05, 0) is 31.0 Å². The van der Waals surface area contributed by atoms with Crippen molar-refractivity contribution in [2.45, 2.75) is 46.2 Å². The van der Waals surface area contributed by atoms with Gasteiger partial charge in [0.25, 0.3) is 5.91 Å². The molecule has 3 heterocycles. The molecule has 1 aromatic carbocycles. The van der Waals surface area contributed by atoms with Crippen LogP contribution in [-0.4, -0.2) is 56.9 Å². The van der Waals surface area contributed by atoms with Crippen LogP contribution in [0.15, 0.2) is 18.2 Å². The summed E-state index contributed by atoms with van der Waals surface area (Å²) in [5.41, 5.74) is 6.32. The van der Waals surface area contributed by atoms with Gasteiger partial charge in [-0.15, -0.1) is 0 Å². The number of nitrogens with zero attached hydrogens (tertiary/aromatic N) is 4. The third kappa shape index (κ3) is 4.46. The van der Waals surface area contributed by atoms with E-state index in [2.05, 4.69) is 5.10 Å². The zero-order valence-corrected chi connectivity index (χ0v) is 19.5. The van der Waals surface area contributed by atoms with E-state index >= 15 is 0 Å². The molecule has 2 aromatic rings. The lowest BCUT2D eigenvalue weighted by molar-refractivity contribution is -0.146. The topological polar surface area (TPSA) is 102 Å². The Hall–Kier alpha value is -2.94. The van der Waals surface area contributed by atoms with E-state index in [1.807, 2.05) is 4.90 Å². The molecule has 2 aliphatic rings. The van der Waals surface area contributed by atoms with Crippen molar-refractivity contribution < 1.29 is 18.8 Å². The van der Waals surface area contributed by atoms with Gasteiger partial charge < -0.3 is 15.5 Å². The maximum Gasteiger partial charge on any atom is 0.252 e. The van der Waals surface area contributed by atoms with E-state index in [0.29, 0.717) is 30.0 Å². The van der Waals surface area contributed by atoms with Gasteiger partial charge in [-0.3, -0.25) is 19.1 Å². The van der Waals surface area contributed by atoms with E-state index in [4.69, 9.17) is 17.3 Å². The van der Waals surface area contributed by atoms with Crippen molar-refractivity contribution in [3.05, 3.63) is 40.3 Å². The Balaban J connectivity index is 1.57. The fourth-order valence-electron chi connectivity index (χ4n) is 4.55. The molecule has 0 radical (unpaired) electrons. The Kier molecular flexibility index (Phi) is 6.18. The number of benzene rings is 1. The van der Waals surface area contributed by atoms with Crippen molar-refractivity contribution in [1.82, 2.24) is 19.6 Å². The monoisotopic (exact) mass is 475 g/mol. The normalized spacial score (nSPS) is 16.1. The smallest absolute Gasteiger partial charge is 0.252 e. The lowest BCUT2D eigenvalue weighted by Gasteiger charge is -2.33. The molecule has 1 fully saturated rings. The number of aromatic nitrogens is 2. The molecule has 0 aliphatic carbocycles. The molecular formula is C23H27ClFN5O3. The number of primary amides is 1. The number of nitrogens with two attached hydrogens (primary N) is 1. The highest BCUT2D eigenvalue weighted by molar-refractivity contribution is 6.31. The van der Waals surface area contributed by atoms with Gasteiger partial charge in [0, 0.05) is 31.6 Å². The first kappa shape index (κ1) is 23.2. The molecular weight excluding hydrogens is 449 g/mol. The van der Waals surface area contributed by atoms with Gasteiger partial charge in [0.15, 0.2) is 0 Å². The summed E-state index contributed by atoms with van der Waals surface area (Å²) in [6.45, 7) is 5.97. The summed E-state index contributed by atoms with van der Waals surface area (Å²) >= 11 is 5.91. The number of hydrogen-bond donors (Lipinski definition) is 1. The average molecular weight is 476 g/mol. The minimum Gasteiger partial charge on any atom is -0.365 e. The van der Waals surface area contributed by atoms with Crippen LogP contribution in [-0.2, 0) is 22.7 Å². The second kappa shape index (κ2) is 8.78. The standard InChI is InChI=1S/C23H27ClFN5O3/c1-23(2,22(33)28-7-3-4-8-28)12-18(31)29-9-10-30-17(13-29)19(21(26)32)20(27-30)14-5-6-16(25)15(24)11-14/h5-6,11H,3-4,7-10,12-13H2,1-2H3,(H2,26,32). The number of halogens is 2. The van der Waals surface area contributed by atoms with E-state index in [9.17, 15) is 18.8 Å². The van der Waals surface area contributed by atoms with Crippen molar-refractivity contribution in [2.75, 3.05) is 19.6 Å². The number of fused-ring (bicyclic) bond motifs is 1. The Morgan fingerprint density at radius 1 is 1.12 bits per heavy atom. The predicted molar refractivity (Wildman–Crippen MR) is 121 cm³/mol. The summed E-state index contributed by atoms with van der Waals surface area (Å²) in [7, 11) is 0. The van der Waals surface area contributed by atoms with Crippen molar-refractivity contribution in [2.24, 2.45) is 11.1 Å². The summed E-state index contributed by atoms with van der Waals surface area (Å²) < 4.78 is 15.3. The fourth-order valence-corrected chi connectivity index (χ4v) is 4.73. The van der Waals surface area contributed by atoms with E-state index in [-0.39, 0.29) is 35.4 Å². The summed E-state index contributed by atoms with van der Waals surface area (Å²) in [6, 6.07) is 4.08. The van der Waals surface area contributed by atoms with Gasteiger partial charge in [-0.25, -0.2) is 4.39 Å². The second-order valence-electron chi connectivity index (χ2n) is 9.26. The summed E-state index contributed by atoms with van der Waals surface area (Å²) in [5.74, 6) is -1.44. The first-order chi connectivity index (χ1) is 15.6. The highest BCUT2D eigenvalue weighted by Crippen LogP contribution is 2.32. The molecule has 1 saturated heterocycles. The van der Waals surface area contributed by atoms with Crippen LogP contribution in [0.1, 0.15) is 49.2 Å². The third-order valence-corrected chi connectivity index (χ3v) is 6.63. The molecule has 2 aliphatic heterocycles. The summed E-state index contributed by atoms with van der Waals surface area (Å²) in [4.78, 5) is 41.8. The molecule has 2 N–H and O–H groups in total. The van der Waals surface area contributed by atoms with Crippen LogP contribution >= 0.6 is 11.6 Å². The summed E-state index contributed by atoms with van der Waals surface area (Å²) in [6.07, 6.45) is 2.05. The van der Waals surface area contributed by atoms with Crippen molar-refractivity contribution >= 4 is 29.3 Å². The minimum atomic E-state index is -0.818. The molecule has 176 valence electrons. The lowest BCUT2D eigenvalue weighted by Crippen LogP contribution is -2.45. The molecule has 8 nitrogen and oxygen atoms in total. The number of carbonyl (C=O) groups excluding carboxylic acids is 3. The van der Waals surface area contributed by atoms with Gasteiger partial charge in [-0.1, -0.05) is 25.4 Å². The van der Waals surface area contributed by atoms with Gasteiger partial charge >= 0.3 is 0 Å². The molecule has 10 heteroatoms. The van der Waals surface area contributed by atoms with Crippen LogP contribution in [0.5, 0.6) is 0 Å². The quantitative estimate of drug-likeness (QED) is 0.718. The minimum absolute atomic E-state index is 0.0105. The van der Waals surface area contributed by atoms with Crippen LogP contribution in [0.4, 0.5) is 4.39 Å². The highest BCUT2D eigenvalue weighted by Gasteiger charge is 2.38. The first-order valence-corrected chi connectivity index (χ1v) is 11.4. The van der Waals surface area contributed by atoms with Crippen LogP contribution < -0.4 is 5.73 Å². The molecule has 0 unspecified atom stereocenters. The van der Waals surface area contributed by atoms with Crippen molar-refractivity contribution in [3.63, 3.8) is 0 Å². The number of hydrogen-bond acceptors (Lipinski definition) is 4. The van der Waals surface area contributed by atoms with E-state index in [1.54, 1.807) is 23.4 Å². The van der Waals surface area contributed by atoms with Crippen LogP contribution in [0.3, 0.4) is 0 Å². The van der Waals surface area contributed by atoms with Gasteiger partial charge in [0.05, 0.1) is 34.8 Å². The maximum atomic E-state index is 13.6. The van der Waals surface area contributed by atoms with Crippen LogP contribution in [0.2, 0.25) is 5.02 Å².